The number of nitrogens with zero attached hydrogens (tertiary/aromatic N) is 1. The quantitative estimate of drug-likeness (QED) is 0.439. The molecule has 3 aromatic carbocycles. The molecule has 2 heterocycles. The Labute approximate surface area is 132 Å². The van der Waals surface area contributed by atoms with E-state index in [1.165, 1.54) is 0 Å². The van der Waals surface area contributed by atoms with E-state index in [2.05, 4.69) is 36.4 Å². The van der Waals surface area contributed by atoms with Gasteiger partial charge >= 0.3 is 0 Å². The Balaban J connectivity index is 2.08. The van der Waals surface area contributed by atoms with Crippen molar-refractivity contribution in [3.63, 3.8) is 0 Å². The van der Waals surface area contributed by atoms with Crippen molar-refractivity contribution in [3.05, 3.63) is 89.3 Å². The van der Waals surface area contributed by atoms with Crippen LogP contribution in [0.25, 0.3) is 38.2 Å². The van der Waals surface area contributed by atoms with E-state index in [0.29, 0.717) is 0 Å². The van der Waals surface area contributed by atoms with Crippen molar-refractivity contribution in [1.29, 1.82) is 0 Å². The third kappa shape index (κ3) is 1.60. The Bertz CT molecular complexity index is 1210. The van der Waals surface area contributed by atoms with Gasteiger partial charge in [-0.25, -0.2) is 0 Å². The minimum atomic E-state index is 0.0477. The molecule has 0 spiro atoms. The first kappa shape index (κ1) is 12.4. The number of pyridine rings is 1. The van der Waals surface area contributed by atoms with Crippen LogP contribution in [-0.2, 0) is 0 Å². The summed E-state index contributed by atoms with van der Waals surface area (Å²) in [5.41, 5.74) is 3.27. The molecule has 2 heteroatoms. The van der Waals surface area contributed by atoms with Gasteiger partial charge < -0.3 is 0 Å². The SMILES string of the molecule is O=c1c2cccc3cccc(c32)c2c(-c3ccccc3)ccn12. The Morgan fingerprint density at radius 2 is 1.43 bits per heavy atom. The molecule has 0 unspecified atom stereocenters. The molecule has 108 valence electrons. The molecule has 0 radical (unpaired) electrons. The summed E-state index contributed by atoms with van der Waals surface area (Å²) in [4.78, 5) is 12.9. The zero-order valence-electron chi connectivity index (χ0n) is 12.4. The molecule has 2 nitrogen and oxygen atoms in total. The topological polar surface area (TPSA) is 21.5 Å². The molecule has 0 saturated carbocycles. The van der Waals surface area contributed by atoms with Gasteiger partial charge in [-0.2, -0.15) is 0 Å². The van der Waals surface area contributed by atoms with Crippen LogP contribution in [0.3, 0.4) is 0 Å². The number of hydrogen-bond acceptors (Lipinski definition) is 1. The number of hydrogen-bond donors (Lipinski definition) is 0. The summed E-state index contributed by atoms with van der Waals surface area (Å²) < 4.78 is 1.78. The highest BCUT2D eigenvalue weighted by molar-refractivity contribution is 6.17. The van der Waals surface area contributed by atoms with E-state index in [-0.39, 0.29) is 5.56 Å². The van der Waals surface area contributed by atoms with Gasteiger partial charge in [0, 0.05) is 27.9 Å². The molecule has 0 saturated heterocycles. The first-order valence-corrected chi connectivity index (χ1v) is 7.68. The van der Waals surface area contributed by atoms with E-state index in [9.17, 15) is 4.79 Å². The maximum absolute atomic E-state index is 12.9. The van der Waals surface area contributed by atoms with E-state index >= 15 is 0 Å². The largest absolute Gasteiger partial charge is 0.283 e. The Kier molecular flexibility index (Phi) is 2.39. The Morgan fingerprint density at radius 3 is 2.22 bits per heavy atom. The van der Waals surface area contributed by atoms with Gasteiger partial charge in [0.05, 0.1) is 5.52 Å². The van der Waals surface area contributed by atoms with Crippen molar-refractivity contribution in [2.45, 2.75) is 0 Å². The van der Waals surface area contributed by atoms with Gasteiger partial charge in [-0.1, -0.05) is 60.7 Å². The minimum Gasteiger partial charge on any atom is -0.283 e. The fourth-order valence-corrected chi connectivity index (χ4v) is 3.57. The number of rotatable bonds is 1. The summed E-state index contributed by atoms with van der Waals surface area (Å²) in [7, 11) is 0. The summed E-state index contributed by atoms with van der Waals surface area (Å²) in [6.07, 6.45) is 1.88. The molecule has 0 fully saturated rings. The minimum absolute atomic E-state index is 0.0477. The van der Waals surface area contributed by atoms with Crippen molar-refractivity contribution < 1.29 is 0 Å². The number of fused-ring (bicyclic) bond motifs is 2. The molecule has 0 aliphatic carbocycles. The van der Waals surface area contributed by atoms with Crippen molar-refractivity contribution in [2.75, 3.05) is 0 Å². The number of benzene rings is 3. The summed E-state index contributed by atoms with van der Waals surface area (Å²) in [5, 5.41) is 4.07. The Hall–Kier alpha value is -3.13. The fraction of sp³-hybridized carbons (Fsp3) is 0. The second-order valence-corrected chi connectivity index (χ2v) is 5.83. The molecule has 23 heavy (non-hydrogen) atoms. The first-order valence-electron chi connectivity index (χ1n) is 7.68. The number of aromatic nitrogens is 1. The summed E-state index contributed by atoms with van der Waals surface area (Å²) in [6, 6.07) is 24.4. The second-order valence-electron chi connectivity index (χ2n) is 5.83. The van der Waals surface area contributed by atoms with Crippen LogP contribution in [0.4, 0.5) is 0 Å². The molecule has 0 N–H and O–H groups in total. The lowest BCUT2D eigenvalue weighted by atomic mass is 9.99. The van der Waals surface area contributed by atoms with Crippen molar-refractivity contribution in [1.82, 2.24) is 4.40 Å². The zero-order chi connectivity index (χ0) is 15.4. The highest BCUT2D eigenvalue weighted by Crippen LogP contribution is 2.33. The predicted octanol–water partition coefficient (Wildman–Crippen LogP) is 4.71. The summed E-state index contributed by atoms with van der Waals surface area (Å²) >= 11 is 0. The molecule has 0 amide bonds. The molecular weight excluding hydrogens is 282 g/mol. The van der Waals surface area contributed by atoms with Crippen LogP contribution in [0.5, 0.6) is 0 Å². The van der Waals surface area contributed by atoms with Gasteiger partial charge in [-0.15, -0.1) is 0 Å². The molecular formula is C21H13NO. The molecule has 2 aromatic heterocycles. The monoisotopic (exact) mass is 295 g/mol. The van der Waals surface area contributed by atoms with Gasteiger partial charge in [0.25, 0.3) is 5.56 Å². The standard InChI is InChI=1S/C21H13NO/c23-21-18-11-5-9-15-8-4-10-17(19(15)18)20-16(12-13-22(20)21)14-6-2-1-3-7-14/h1-13H. The summed E-state index contributed by atoms with van der Waals surface area (Å²) in [5.74, 6) is 0. The van der Waals surface area contributed by atoms with E-state index in [1.54, 1.807) is 4.40 Å². The zero-order valence-corrected chi connectivity index (χ0v) is 12.4. The maximum atomic E-state index is 12.9. The van der Waals surface area contributed by atoms with E-state index < -0.39 is 0 Å². The molecule has 0 bridgehead atoms. The highest BCUT2D eigenvalue weighted by atomic mass is 16.1. The van der Waals surface area contributed by atoms with Crippen LogP contribution in [0, 0.1) is 0 Å². The lowest BCUT2D eigenvalue weighted by molar-refractivity contribution is 1.16. The molecule has 0 atom stereocenters. The average Bonchev–Trinajstić information content (AvgIpc) is 3.05. The van der Waals surface area contributed by atoms with Crippen LogP contribution in [0.2, 0.25) is 0 Å². The van der Waals surface area contributed by atoms with Gasteiger partial charge in [0.2, 0.25) is 0 Å². The van der Waals surface area contributed by atoms with Crippen LogP contribution < -0.4 is 5.56 Å². The van der Waals surface area contributed by atoms with Crippen LogP contribution in [0.1, 0.15) is 0 Å². The third-order valence-corrected chi connectivity index (χ3v) is 4.58. The first-order chi connectivity index (χ1) is 11.3. The van der Waals surface area contributed by atoms with E-state index in [0.717, 1.165) is 38.2 Å². The molecule has 0 aliphatic rings. The lowest BCUT2D eigenvalue weighted by Crippen LogP contribution is -2.12. The third-order valence-electron chi connectivity index (χ3n) is 4.58. The lowest BCUT2D eigenvalue weighted by Gasteiger charge is -2.09. The molecule has 0 aliphatic heterocycles. The van der Waals surface area contributed by atoms with E-state index in [4.69, 9.17) is 0 Å². The predicted molar refractivity (Wildman–Crippen MR) is 95.3 cm³/mol. The highest BCUT2D eigenvalue weighted by Gasteiger charge is 2.15. The van der Waals surface area contributed by atoms with Crippen LogP contribution in [0.15, 0.2) is 83.8 Å². The van der Waals surface area contributed by atoms with Gasteiger partial charge in [0.1, 0.15) is 0 Å². The second kappa shape index (κ2) is 4.43. The Morgan fingerprint density at radius 1 is 0.696 bits per heavy atom. The van der Waals surface area contributed by atoms with Crippen molar-refractivity contribution in [3.8, 4) is 11.1 Å². The van der Waals surface area contributed by atoms with E-state index in [1.807, 2.05) is 42.6 Å². The fourth-order valence-electron chi connectivity index (χ4n) is 3.57. The van der Waals surface area contributed by atoms with Crippen molar-refractivity contribution in [2.24, 2.45) is 0 Å². The van der Waals surface area contributed by atoms with Crippen LogP contribution in [-0.4, -0.2) is 4.40 Å². The van der Waals surface area contributed by atoms with Crippen LogP contribution >= 0.6 is 0 Å². The molecule has 5 aromatic rings. The molecule has 5 rings (SSSR count). The maximum Gasteiger partial charge on any atom is 0.263 e. The van der Waals surface area contributed by atoms with Gasteiger partial charge in [-0.3, -0.25) is 9.20 Å². The average molecular weight is 295 g/mol. The van der Waals surface area contributed by atoms with Crippen molar-refractivity contribution >= 4 is 27.1 Å². The normalized spacial score (nSPS) is 11.7. The summed E-state index contributed by atoms with van der Waals surface area (Å²) in [6.45, 7) is 0. The smallest absolute Gasteiger partial charge is 0.263 e. The van der Waals surface area contributed by atoms with Gasteiger partial charge in [0.15, 0.2) is 0 Å². The van der Waals surface area contributed by atoms with Gasteiger partial charge in [-0.05, 0) is 23.1 Å².